The monoisotopic (exact) mass is 618 g/mol. The van der Waals surface area contributed by atoms with E-state index < -0.39 is 23.5 Å². The van der Waals surface area contributed by atoms with E-state index in [-0.39, 0.29) is 50.2 Å². The van der Waals surface area contributed by atoms with Crippen molar-refractivity contribution in [1.29, 1.82) is 0 Å². The molecule has 1 aliphatic rings. The first-order chi connectivity index (χ1) is 20.5. The van der Waals surface area contributed by atoms with Gasteiger partial charge in [-0.05, 0) is 23.5 Å². The molecule has 1 aromatic carbocycles. The van der Waals surface area contributed by atoms with Crippen LogP contribution >= 0.6 is 11.3 Å². The summed E-state index contributed by atoms with van der Waals surface area (Å²) in [4.78, 5) is 46.6. The summed E-state index contributed by atoms with van der Waals surface area (Å²) in [5.74, 6) is -1.54. The molecule has 4 N–H and O–H groups in total. The number of carbonyl (C=O) groups excluding carboxylic acids is 3. The molecule has 12 heteroatoms. The number of nitrogens with zero attached hydrogens (tertiary/aromatic N) is 2. The minimum absolute atomic E-state index is 0.0252. The predicted molar refractivity (Wildman–Crippen MR) is 164 cm³/mol. The number of ketones is 1. The maximum Gasteiger partial charge on any atom is 0.243 e. The van der Waals surface area contributed by atoms with Crippen molar-refractivity contribution in [2.24, 2.45) is 17.1 Å². The average Bonchev–Trinajstić information content (AvgIpc) is 3.58. The maximum atomic E-state index is 13.8. The molecule has 43 heavy (non-hydrogen) atoms. The third kappa shape index (κ3) is 10.7. The van der Waals surface area contributed by atoms with Crippen molar-refractivity contribution >= 4 is 28.9 Å². The summed E-state index contributed by atoms with van der Waals surface area (Å²) in [5, 5.41) is 13.3. The molecule has 0 radical (unpaired) electrons. The minimum atomic E-state index is -0.818. The molecule has 0 spiro atoms. The van der Waals surface area contributed by atoms with Gasteiger partial charge in [0.25, 0.3) is 0 Å². The number of aliphatic hydroxyl groups excluding tert-OH is 1. The number of rotatable bonds is 17. The first-order valence-corrected chi connectivity index (χ1v) is 15.6. The number of nitrogens with two attached hydrogens (primary N) is 1. The van der Waals surface area contributed by atoms with Crippen molar-refractivity contribution in [2.75, 3.05) is 52.7 Å². The first kappa shape index (κ1) is 34.7. The van der Waals surface area contributed by atoms with Crippen LogP contribution in [0.2, 0.25) is 0 Å². The largest absolute Gasteiger partial charge is 0.391 e. The fourth-order valence-corrected chi connectivity index (χ4v) is 5.74. The summed E-state index contributed by atoms with van der Waals surface area (Å²) in [6.07, 6.45) is -0.698. The summed E-state index contributed by atoms with van der Waals surface area (Å²) in [6, 6.07) is 7.09. The highest BCUT2D eigenvalue weighted by Crippen LogP contribution is 2.33. The summed E-state index contributed by atoms with van der Waals surface area (Å²) in [7, 11) is 0. The van der Waals surface area contributed by atoms with Gasteiger partial charge in [0, 0.05) is 38.4 Å². The van der Waals surface area contributed by atoms with E-state index in [0.29, 0.717) is 39.5 Å². The number of aliphatic hydroxyl groups is 1. The Morgan fingerprint density at radius 1 is 1.09 bits per heavy atom. The maximum absolute atomic E-state index is 13.8. The van der Waals surface area contributed by atoms with Crippen LogP contribution in [0.5, 0.6) is 0 Å². The number of thiazole rings is 1. The number of nitrogens with one attached hydrogen (secondary N) is 1. The molecule has 2 amide bonds. The fourth-order valence-electron chi connectivity index (χ4n) is 4.93. The number of β-amino-alcohol motifs (C(OH)–C–C–N with tert-alkyl or cyclic N) is 1. The van der Waals surface area contributed by atoms with Gasteiger partial charge in [0.1, 0.15) is 12.6 Å². The molecule has 3 atom stereocenters. The van der Waals surface area contributed by atoms with Gasteiger partial charge in [0.2, 0.25) is 11.8 Å². The third-order valence-electron chi connectivity index (χ3n) is 7.34. The summed E-state index contributed by atoms with van der Waals surface area (Å²) >= 11 is 1.58. The van der Waals surface area contributed by atoms with Crippen molar-refractivity contribution in [3.63, 3.8) is 0 Å². The number of Topliss-reactive ketones (excluding diaryl/α,β-unsaturated/α-hetero) is 1. The van der Waals surface area contributed by atoms with E-state index in [2.05, 4.69) is 10.3 Å². The standard InChI is InChI=1S/C31H46N4O7S/c1-21-28(43-20-34-21)23-7-5-22(6-8-23)17-33-29(38)27-16-24(36)18-35(27)30(39)26(31(2,3)4)15-25(37)19-42-14-13-41-12-11-40-10-9-32/h5-8,20,24,26-27,36H,9-19,32H2,1-4H3,(H,33,38)/t24-,26?,27+/m1/s1. The zero-order valence-corrected chi connectivity index (χ0v) is 26.5. The van der Waals surface area contributed by atoms with Crippen LogP contribution in [0.25, 0.3) is 10.4 Å². The Morgan fingerprint density at radius 2 is 1.74 bits per heavy atom. The van der Waals surface area contributed by atoms with Crippen molar-refractivity contribution in [1.82, 2.24) is 15.2 Å². The molecule has 1 unspecified atom stereocenters. The van der Waals surface area contributed by atoms with Gasteiger partial charge in [-0.3, -0.25) is 14.4 Å². The fraction of sp³-hybridized carbons (Fsp3) is 0.613. The van der Waals surface area contributed by atoms with E-state index in [9.17, 15) is 19.5 Å². The van der Waals surface area contributed by atoms with Crippen LogP contribution < -0.4 is 11.1 Å². The van der Waals surface area contributed by atoms with Gasteiger partial charge in [-0.25, -0.2) is 4.98 Å². The second-order valence-electron chi connectivity index (χ2n) is 11.8. The number of ether oxygens (including phenoxy) is 3. The molecule has 0 aliphatic carbocycles. The molecule has 238 valence electrons. The van der Waals surface area contributed by atoms with Crippen LogP contribution in [-0.4, -0.2) is 97.5 Å². The lowest BCUT2D eigenvalue weighted by atomic mass is 9.77. The lowest BCUT2D eigenvalue weighted by Crippen LogP contribution is -2.50. The number of hydrogen-bond donors (Lipinski definition) is 3. The molecule has 2 aromatic rings. The number of benzene rings is 1. The molecule has 1 fully saturated rings. The molecule has 1 aromatic heterocycles. The van der Waals surface area contributed by atoms with Crippen molar-refractivity contribution < 1.29 is 33.7 Å². The first-order valence-electron chi connectivity index (χ1n) is 14.7. The molecule has 0 bridgehead atoms. The Labute approximate surface area is 258 Å². The summed E-state index contributed by atoms with van der Waals surface area (Å²) in [6.45, 7) is 10.2. The highest BCUT2D eigenvalue weighted by Gasteiger charge is 2.44. The van der Waals surface area contributed by atoms with Crippen LogP contribution in [0.4, 0.5) is 0 Å². The van der Waals surface area contributed by atoms with Gasteiger partial charge >= 0.3 is 0 Å². The predicted octanol–water partition coefficient (Wildman–Crippen LogP) is 2.33. The Bertz CT molecular complexity index is 1180. The molecule has 1 saturated heterocycles. The third-order valence-corrected chi connectivity index (χ3v) is 8.32. The number of aryl methyl sites for hydroxylation is 1. The van der Waals surface area contributed by atoms with E-state index in [1.54, 1.807) is 11.3 Å². The van der Waals surface area contributed by atoms with Crippen LogP contribution in [-0.2, 0) is 35.1 Å². The Kier molecular flexibility index (Phi) is 13.7. The molecule has 1 aliphatic heterocycles. The Hall–Kier alpha value is -2.74. The SMILES string of the molecule is Cc1ncsc1-c1ccc(CNC(=O)[C@@H]2C[C@@H](O)CN2C(=O)C(CC(=O)COCCOCCOCCN)C(C)(C)C)cc1. The normalized spacial score (nSPS) is 17.7. The molecule has 0 saturated carbocycles. The van der Waals surface area contributed by atoms with Crippen LogP contribution in [0.3, 0.4) is 0 Å². The molecule has 2 heterocycles. The Morgan fingerprint density at radius 3 is 2.35 bits per heavy atom. The number of hydrogen-bond acceptors (Lipinski definition) is 10. The van der Waals surface area contributed by atoms with Gasteiger partial charge in [0.05, 0.1) is 55.2 Å². The van der Waals surface area contributed by atoms with Gasteiger partial charge in [-0.2, -0.15) is 0 Å². The number of aromatic nitrogens is 1. The lowest BCUT2D eigenvalue weighted by Gasteiger charge is -2.34. The highest BCUT2D eigenvalue weighted by atomic mass is 32.1. The topological polar surface area (TPSA) is 153 Å². The zero-order chi connectivity index (χ0) is 31.4. The minimum Gasteiger partial charge on any atom is -0.391 e. The number of carbonyl (C=O) groups is 3. The molecular weight excluding hydrogens is 572 g/mol. The van der Waals surface area contributed by atoms with Crippen molar-refractivity contribution in [3.05, 3.63) is 41.0 Å². The number of amides is 2. The second kappa shape index (κ2) is 16.9. The second-order valence-corrected chi connectivity index (χ2v) is 12.7. The van der Waals surface area contributed by atoms with Crippen LogP contribution in [0.1, 0.15) is 44.9 Å². The summed E-state index contributed by atoms with van der Waals surface area (Å²) in [5.41, 5.74) is 9.58. The van der Waals surface area contributed by atoms with E-state index >= 15 is 0 Å². The smallest absolute Gasteiger partial charge is 0.243 e. The zero-order valence-electron chi connectivity index (χ0n) is 25.7. The molecule has 11 nitrogen and oxygen atoms in total. The van der Waals surface area contributed by atoms with Crippen molar-refractivity contribution in [3.8, 4) is 10.4 Å². The van der Waals surface area contributed by atoms with E-state index in [1.807, 2.05) is 57.5 Å². The van der Waals surface area contributed by atoms with Gasteiger partial charge in [-0.15, -0.1) is 11.3 Å². The van der Waals surface area contributed by atoms with Crippen LogP contribution in [0, 0.1) is 18.3 Å². The molecule has 3 rings (SSSR count). The van der Waals surface area contributed by atoms with Crippen molar-refractivity contribution in [2.45, 2.75) is 59.2 Å². The quantitative estimate of drug-likeness (QED) is 0.227. The van der Waals surface area contributed by atoms with Gasteiger partial charge < -0.3 is 35.3 Å². The molecular formula is C31H46N4O7S. The highest BCUT2D eigenvalue weighted by molar-refractivity contribution is 7.13. The summed E-state index contributed by atoms with van der Waals surface area (Å²) < 4.78 is 16.1. The van der Waals surface area contributed by atoms with Crippen LogP contribution in [0.15, 0.2) is 29.8 Å². The number of likely N-dealkylation sites (tertiary alicyclic amines) is 1. The lowest BCUT2D eigenvalue weighted by molar-refractivity contribution is -0.146. The Balaban J connectivity index is 1.52. The van der Waals surface area contributed by atoms with E-state index in [4.69, 9.17) is 19.9 Å². The van der Waals surface area contributed by atoms with E-state index in [0.717, 1.165) is 21.7 Å². The van der Waals surface area contributed by atoms with E-state index in [1.165, 1.54) is 4.90 Å². The van der Waals surface area contributed by atoms with Gasteiger partial charge in [0.15, 0.2) is 5.78 Å². The average molecular weight is 619 g/mol. The van der Waals surface area contributed by atoms with Gasteiger partial charge in [-0.1, -0.05) is 45.0 Å².